The highest BCUT2D eigenvalue weighted by Crippen LogP contribution is 2.23. The van der Waals surface area contributed by atoms with E-state index in [0.29, 0.717) is 0 Å². The fraction of sp³-hybridized carbons (Fsp3) is 0.167. The van der Waals surface area contributed by atoms with Gasteiger partial charge in [-0.05, 0) is 24.6 Å². The monoisotopic (exact) mass is 190 g/mol. The highest BCUT2D eigenvalue weighted by molar-refractivity contribution is 5.42. The summed E-state index contributed by atoms with van der Waals surface area (Å²) in [6.07, 6.45) is 10.4. The fourth-order valence-corrected chi connectivity index (χ4v) is 1.05. The van der Waals surface area contributed by atoms with E-state index >= 15 is 0 Å². The lowest BCUT2D eigenvalue weighted by Crippen LogP contribution is -2.17. The molecule has 0 aromatic heterocycles. The second-order valence-corrected chi connectivity index (χ2v) is 3.07. The lowest BCUT2D eigenvalue weighted by atomic mass is 9.84. The summed E-state index contributed by atoms with van der Waals surface area (Å²) in [4.78, 5) is 0. The molecule has 0 bridgehead atoms. The predicted octanol–water partition coefficient (Wildman–Crippen LogP) is 2.49. The average Bonchev–Trinajstić information content (AvgIpc) is 2.15. The van der Waals surface area contributed by atoms with Gasteiger partial charge in [0, 0.05) is 6.07 Å². The Morgan fingerprint density at radius 2 is 1.50 bits per heavy atom. The number of benzene rings is 1. The normalized spacial score (nSPS) is 10.4. The molecule has 0 aliphatic carbocycles. The van der Waals surface area contributed by atoms with Crippen LogP contribution >= 0.6 is 0 Å². The van der Waals surface area contributed by atoms with Crippen molar-refractivity contribution in [1.29, 1.82) is 0 Å². The Balaban J connectivity index is 3.35. The van der Waals surface area contributed by atoms with Gasteiger partial charge >= 0.3 is 0 Å². The molecule has 0 radical (unpaired) electrons. The maximum Gasteiger partial charge on any atom is 0.126 e. The van der Waals surface area contributed by atoms with E-state index in [1.807, 2.05) is 0 Å². The summed E-state index contributed by atoms with van der Waals surface area (Å²) >= 11 is 0. The molecule has 0 saturated heterocycles. The van der Waals surface area contributed by atoms with Crippen molar-refractivity contribution in [3.8, 4) is 24.7 Å². The molecule has 1 aromatic rings. The largest absolute Gasteiger partial charge is 0.207 e. The van der Waals surface area contributed by atoms with E-state index in [1.165, 1.54) is 0 Å². The number of hydrogen-bond donors (Lipinski definition) is 0. The van der Waals surface area contributed by atoms with Crippen LogP contribution in [-0.4, -0.2) is 0 Å². The highest BCUT2D eigenvalue weighted by Gasteiger charge is 2.22. The van der Waals surface area contributed by atoms with Crippen molar-refractivity contribution in [3.63, 3.8) is 0 Å². The first-order valence-corrected chi connectivity index (χ1v) is 3.94. The summed E-state index contributed by atoms with van der Waals surface area (Å²) in [6, 6.07) is 3.06. The molecule has 2 heteroatoms. The van der Waals surface area contributed by atoms with Crippen molar-refractivity contribution < 1.29 is 8.78 Å². The van der Waals surface area contributed by atoms with Crippen LogP contribution in [0.25, 0.3) is 0 Å². The summed E-state index contributed by atoms with van der Waals surface area (Å²) in [5, 5.41) is 0. The quantitative estimate of drug-likeness (QED) is 0.597. The average molecular weight is 190 g/mol. The van der Waals surface area contributed by atoms with Crippen molar-refractivity contribution in [2.45, 2.75) is 12.3 Å². The van der Waals surface area contributed by atoms with Gasteiger partial charge in [-0.3, -0.25) is 0 Å². The maximum atomic E-state index is 12.9. The van der Waals surface area contributed by atoms with Gasteiger partial charge in [-0.1, -0.05) is 11.8 Å². The van der Waals surface area contributed by atoms with E-state index in [4.69, 9.17) is 12.8 Å². The molecule has 0 unspecified atom stereocenters. The summed E-state index contributed by atoms with van der Waals surface area (Å²) < 4.78 is 25.7. The Morgan fingerprint density at radius 1 is 1.07 bits per heavy atom. The van der Waals surface area contributed by atoms with Crippen LogP contribution in [0.1, 0.15) is 12.5 Å². The van der Waals surface area contributed by atoms with Gasteiger partial charge in [0.15, 0.2) is 0 Å². The number of hydrogen-bond acceptors (Lipinski definition) is 0. The summed E-state index contributed by atoms with van der Waals surface area (Å²) in [5.41, 5.74) is -0.789. The zero-order valence-corrected chi connectivity index (χ0v) is 7.64. The Kier molecular flexibility index (Phi) is 2.58. The number of halogens is 2. The summed E-state index contributed by atoms with van der Waals surface area (Å²) in [6.45, 7) is 1.56. The fourth-order valence-electron chi connectivity index (χ4n) is 1.05. The molecule has 0 heterocycles. The minimum absolute atomic E-state index is 0.278. The van der Waals surface area contributed by atoms with E-state index in [-0.39, 0.29) is 5.56 Å². The van der Waals surface area contributed by atoms with E-state index in [1.54, 1.807) is 6.92 Å². The highest BCUT2D eigenvalue weighted by atomic mass is 19.1. The van der Waals surface area contributed by atoms with E-state index in [0.717, 1.165) is 18.2 Å². The third-order valence-corrected chi connectivity index (χ3v) is 2.02. The molecule has 0 nitrogen and oxygen atoms in total. The van der Waals surface area contributed by atoms with Crippen molar-refractivity contribution in [2.24, 2.45) is 0 Å². The van der Waals surface area contributed by atoms with Crippen LogP contribution in [0.3, 0.4) is 0 Å². The first-order chi connectivity index (χ1) is 6.51. The maximum absolute atomic E-state index is 12.9. The Labute approximate surface area is 82.0 Å². The molecular formula is C12H8F2. The minimum Gasteiger partial charge on any atom is -0.207 e. The summed E-state index contributed by atoms with van der Waals surface area (Å²) in [7, 11) is 0. The van der Waals surface area contributed by atoms with Gasteiger partial charge in [0.1, 0.15) is 17.0 Å². The molecule has 0 amide bonds. The zero-order valence-electron chi connectivity index (χ0n) is 7.64. The molecule has 0 aliphatic rings. The molecule has 70 valence electrons. The van der Waals surface area contributed by atoms with Gasteiger partial charge in [-0.25, -0.2) is 8.78 Å². The van der Waals surface area contributed by atoms with Gasteiger partial charge < -0.3 is 0 Å². The van der Waals surface area contributed by atoms with Crippen LogP contribution in [-0.2, 0) is 5.41 Å². The molecule has 0 N–H and O–H groups in total. The van der Waals surface area contributed by atoms with Crippen LogP contribution in [0.5, 0.6) is 0 Å². The van der Waals surface area contributed by atoms with Crippen LogP contribution in [0.15, 0.2) is 18.2 Å². The Hall–Kier alpha value is -1.80. The molecule has 14 heavy (non-hydrogen) atoms. The third-order valence-electron chi connectivity index (χ3n) is 2.02. The topological polar surface area (TPSA) is 0 Å². The first-order valence-electron chi connectivity index (χ1n) is 3.94. The predicted molar refractivity (Wildman–Crippen MR) is 51.4 cm³/mol. The van der Waals surface area contributed by atoms with Crippen molar-refractivity contribution in [3.05, 3.63) is 35.4 Å². The lowest BCUT2D eigenvalue weighted by molar-refractivity contribution is 0.575. The Bertz CT molecular complexity index is 398. The number of terminal acetylenes is 2. The molecule has 1 aromatic carbocycles. The summed E-state index contributed by atoms with van der Waals surface area (Å²) in [5.74, 6) is 3.29. The van der Waals surface area contributed by atoms with Gasteiger partial charge in [-0.2, -0.15) is 0 Å². The van der Waals surface area contributed by atoms with Gasteiger partial charge in [0.25, 0.3) is 0 Å². The van der Waals surface area contributed by atoms with Crippen LogP contribution < -0.4 is 0 Å². The smallest absolute Gasteiger partial charge is 0.126 e. The molecule has 1 rings (SSSR count). The van der Waals surface area contributed by atoms with Gasteiger partial charge in [-0.15, -0.1) is 12.8 Å². The van der Waals surface area contributed by atoms with Gasteiger partial charge in [0.05, 0.1) is 0 Å². The zero-order chi connectivity index (χ0) is 10.8. The molecule has 0 atom stereocenters. The second-order valence-electron chi connectivity index (χ2n) is 3.07. The van der Waals surface area contributed by atoms with E-state index in [2.05, 4.69) is 11.8 Å². The van der Waals surface area contributed by atoms with Crippen LogP contribution in [0.4, 0.5) is 8.78 Å². The van der Waals surface area contributed by atoms with E-state index < -0.39 is 17.0 Å². The van der Waals surface area contributed by atoms with Crippen molar-refractivity contribution in [2.75, 3.05) is 0 Å². The van der Waals surface area contributed by atoms with Gasteiger partial charge in [0.2, 0.25) is 0 Å². The molecule has 0 fully saturated rings. The van der Waals surface area contributed by atoms with Crippen LogP contribution in [0.2, 0.25) is 0 Å². The van der Waals surface area contributed by atoms with Crippen LogP contribution in [0, 0.1) is 36.3 Å². The van der Waals surface area contributed by atoms with Crippen molar-refractivity contribution in [1.82, 2.24) is 0 Å². The molecule has 0 spiro atoms. The van der Waals surface area contributed by atoms with E-state index in [9.17, 15) is 8.78 Å². The minimum atomic E-state index is -1.07. The molecular weight excluding hydrogens is 182 g/mol. The first kappa shape index (κ1) is 10.3. The Morgan fingerprint density at radius 3 is 1.86 bits per heavy atom. The standard InChI is InChI=1S/C12H8F2/c1-4-12(3,5-2)9-6-10(13)8-11(14)7-9/h1-2,6-8H,3H3. The lowest BCUT2D eigenvalue weighted by Gasteiger charge is -2.16. The van der Waals surface area contributed by atoms with Crippen molar-refractivity contribution >= 4 is 0 Å². The molecule has 0 aliphatic heterocycles. The SMILES string of the molecule is C#CC(C)(C#C)c1cc(F)cc(F)c1. The number of rotatable bonds is 1. The third kappa shape index (κ3) is 1.75. The second kappa shape index (κ2) is 3.52. The molecule has 0 saturated carbocycles.